The van der Waals surface area contributed by atoms with E-state index in [0.29, 0.717) is 17.9 Å². The number of phenolic OH excluding ortho intramolecular Hbond substituents is 1. The normalized spacial score (nSPS) is 28.9. The monoisotopic (exact) mass is 420 g/mol. The molecule has 1 N–H and O–H groups in total. The Hall–Kier alpha value is -2.62. The highest BCUT2D eigenvalue weighted by Crippen LogP contribution is 2.62. The second-order valence-corrected chi connectivity index (χ2v) is 9.75. The van der Waals surface area contributed by atoms with Crippen LogP contribution in [0.15, 0.2) is 42.5 Å². The van der Waals surface area contributed by atoms with Crippen molar-refractivity contribution in [2.24, 2.45) is 17.8 Å². The number of phenols is 1. The average molecular weight is 421 g/mol. The summed E-state index contributed by atoms with van der Waals surface area (Å²) >= 11 is 0. The van der Waals surface area contributed by atoms with Gasteiger partial charge in [0.2, 0.25) is 0 Å². The Morgan fingerprint density at radius 1 is 1.10 bits per heavy atom. The fourth-order valence-electron chi connectivity index (χ4n) is 6.79. The average Bonchev–Trinajstić information content (AvgIpc) is 2.73. The smallest absolute Gasteiger partial charge is 0.330 e. The van der Waals surface area contributed by atoms with Crippen molar-refractivity contribution in [2.45, 2.75) is 50.9 Å². The topological polar surface area (TPSA) is 46.5 Å². The van der Waals surface area contributed by atoms with Crippen LogP contribution < -0.4 is 0 Å². The van der Waals surface area contributed by atoms with Crippen LogP contribution in [-0.2, 0) is 14.9 Å². The third-order valence-corrected chi connectivity index (χ3v) is 7.61. The number of carbonyl (C=O) groups is 1. The van der Waals surface area contributed by atoms with E-state index in [1.165, 1.54) is 31.4 Å². The second kappa shape index (κ2) is 7.81. The van der Waals surface area contributed by atoms with Crippen LogP contribution in [0.3, 0.4) is 0 Å². The van der Waals surface area contributed by atoms with Crippen LogP contribution in [0.5, 0.6) is 5.75 Å². The first-order chi connectivity index (χ1) is 15.0. The molecular weight excluding hydrogens is 391 g/mol. The molecule has 4 aliphatic rings. The van der Waals surface area contributed by atoms with E-state index in [2.05, 4.69) is 0 Å². The summed E-state index contributed by atoms with van der Waals surface area (Å²) < 4.78 is 19.7. The Morgan fingerprint density at radius 2 is 1.77 bits per heavy atom. The van der Waals surface area contributed by atoms with Crippen molar-refractivity contribution < 1.29 is 19.0 Å². The van der Waals surface area contributed by atoms with Gasteiger partial charge < -0.3 is 9.84 Å². The molecule has 0 amide bonds. The summed E-state index contributed by atoms with van der Waals surface area (Å²) in [5.41, 5.74) is 3.02. The van der Waals surface area contributed by atoms with Gasteiger partial charge in [0.15, 0.2) is 0 Å². The first-order valence-corrected chi connectivity index (χ1v) is 11.4. The molecule has 4 fully saturated rings. The highest BCUT2D eigenvalue weighted by atomic mass is 19.1. The minimum atomic E-state index is -0.415. The second-order valence-electron chi connectivity index (χ2n) is 9.75. The maximum absolute atomic E-state index is 14.8. The van der Waals surface area contributed by atoms with E-state index < -0.39 is 5.97 Å². The molecule has 162 valence electrons. The van der Waals surface area contributed by atoms with Crippen molar-refractivity contribution in [3.63, 3.8) is 0 Å². The highest BCUT2D eigenvalue weighted by Gasteiger charge is 2.52. The third-order valence-electron chi connectivity index (χ3n) is 7.61. The van der Waals surface area contributed by atoms with Crippen molar-refractivity contribution >= 4 is 12.0 Å². The lowest BCUT2D eigenvalue weighted by Crippen LogP contribution is -2.48. The van der Waals surface area contributed by atoms with Crippen LogP contribution in [0.2, 0.25) is 0 Å². The maximum Gasteiger partial charge on any atom is 0.330 e. The van der Waals surface area contributed by atoms with E-state index in [1.807, 2.05) is 6.07 Å². The first kappa shape index (κ1) is 20.3. The maximum atomic E-state index is 14.8. The van der Waals surface area contributed by atoms with Gasteiger partial charge in [-0.3, -0.25) is 0 Å². The summed E-state index contributed by atoms with van der Waals surface area (Å²) in [5.74, 6) is 1.91. The van der Waals surface area contributed by atoms with Crippen LogP contribution in [0.1, 0.15) is 56.6 Å². The molecule has 3 nitrogen and oxygen atoms in total. The van der Waals surface area contributed by atoms with Gasteiger partial charge in [0, 0.05) is 17.2 Å². The van der Waals surface area contributed by atoms with Crippen LogP contribution in [0.25, 0.3) is 17.2 Å². The van der Waals surface area contributed by atoms with E-state index in [1.54, 1.807) is 37.3 Å². The lowest BCUT2D eigenvalue weighted by atomic mass is 9.48. The number of benzene rings is 2. The quantitative estimate of drug-likeness (QED) is 0.460. The van der Waals surface area contributed by atoms with Crippen molar-refractivity contribution in [2.75, 3.05) is 6.61 Å². The molecule has 4 saturated carbocycles. The Kier molecular flexibility index (Phi) is 5.11. The molecule has 0 radical (unpaired) electrons. The SMILES string of the molecule is CCOC(=O)/C=C/c1ccc(F)c(-c2ccc(O)c(C34CC5CC(CC(C5)C3)C4)c2)c1. The molecule has 0 saturated heterocycles. The number of hydrogen-bond donors (Lipinski definition) is 1. The van der Waals surface area contributed by atoms with Crippen molar-refractivity contribution in [3.8, 4) is 16.9 Å². The Balaban J connectivity index is 1.50. The van der Waals surface area contributed by atoms with E-state index >= 15 is 0 Å². The van der Waals surface area contributed by atoms with Gasteiger partial charge >= 0.3 is 5.97 Å². The van der Waals surface area contributed by atoms with Crippen LogP contribution >= 0.6 is 0 Å². The van der Waals surface area contributed by atoms with Gasteiger partial charge in [0.05, 0.1) is 6.61 Å². The van der Waals surface area contributed by atoms with E-state index in [4.69, 9.17) is 4.74 Å². The predicted molar refractivity (Wildman–Crippen MR) is 119 cm³/mol. The molecular formula is C27H29FO3. The summed E-state index contributed by atoms with van der Waals surface area (Å²) in [6.45, 7) is 2.08. The molecule has 2 aromatic carbocycles. The molecule has 0 atom stereocenters. The van der Waals surface area contributed by atoms with Gasteiger partial charge in [-0.1, -0.05) is 12.1 Å². The zero-order valence-corrected chi connectivity index (χ0v) is 17.9. The first-order valence-electron chi connectivity index (χ1n) is 11.4. The van der Waals surface area contributed by atoms with Crippen LogP contribution in [0.4, 0.5) is 4.39 Å². The van der Waals surface area contributed by atoms with Crippen molar-refractivity contribution in [3.05, 3.63) is 59.4 Å². The lowest BCUT2D eigenvalue weighted by Gasteiger charge is -2.57. The van der Waals surface area contributed by atoms with Gasteiger partial charge in [-0.15, -0.1) is 0 Å². The van der Waals surface area contributed by atoms with E-state index in [9.17, 15) is 14.3 Å². The molecule has 6 rings (SSSR count). The minimum Gasteiger partial charge on any atom is -0.508 e. The lowest BCUT2D eigenvalue weighted by molar-refractivity contribution is -0.137. The summed E-state index contributed by atoms with van der Waals surface area (Å²) in [6.07, 6.45) is 10.4. The molecule has 4 heteroatoms. The van der Waals surface area contributed by atoms with Gasteiger partial charge in [-0.05, 0) is 110 Å². The number of esters is 1. The van der Waals surface area contributed by atoms with Crippen molar-refractivity contribution in [1.29, 1.82) is 0 Å². The highest BCUT2D eigenvalue weighted by molar-refractivity contribution is 5.87. The third kappa shape index (κ3) is 3.77. The van der Waals surface area contributed by atoms with Gasteiger partial charge in [-0.2, -0.15) is 0 Å². The Bertz CT molecular complexity index is 1000. The van der Waals surface area contributed by atoms with E-state index in [-0.39, 0.29) is 11.2 Å². The van der Waals surface area contributed by atoms with Crippen LogP contribution in [-0.4, -0.2) is 17.7 Å². The number of ether oxygens (including phenoxy) is 1. The molecule has 0 unspecified atom stereocenters. The Labute approximate surface area is 182 Å². The van der Waals surface area contributed by atoms with E-state index in [0.717, 1.165) is 53.7 Å². The molecule has 0 spiro atoms. The zero-order chi connectivity index (χ0) is 21.6. The van der Waals surface area contributed by atoms with Gasteiger partial charge in [0.1, 0.15) is 11.6 Å². The molecule has 0 heterocycles. The van der Waals surface area contributed by atoms with Crippen LogP contribution in [0, 0.1) is 23.6 Å². The summed E-state index contributed by atoms with van der Waals surface area (Å²) in [4.78, 5) is 11.6. The molecule has 4 bridgehead atoms. The number of carbonyl (C=O) groups excluding carboxylic acids is 1. The molecule has 0 aliphatic heterocycles. The van der Waals surface area contributed by atoms with Gasteiger partial charge in [0.25, 0.3) is 0 Å². The van der Waals surface area contributed by atoms with Gasteiger partial charge in [-0.25, -0.2) is 9.18 Å². The number of aromatic hydroxyl groups is 1. The number of rotatable bonds is 5. The standard InChI is InChI=1S/C27H29FO3/c1-2-31-26(30)8-4-17-3-6-24(28)22(12-17)21-5-7-25(29)23(13-21)27-14-18-9-19(15-27)11-20(10-18)16-27/h3-8,12-13,18-20,29H,2,9-11,14-16H2,1H3/b8-4+. The summed E-state index contributed by atoms with van der Waals surface area (Å²) in [7, 11) is 0. The summed E-state index contributed by atoms with van der Waals surface area (Å²) in [6, 6.07) is 10.4. The molecule has 31 heavy (non-hydrogen) atoms. The molecule has 0 aromatic heterocycles. The number of hydrogen-bond acceptors (Lipinski definition) is 3. The minimum absolute atomic E-state index is 0.0345. The molecule has 4 aliphatic carbocycles. The predicted octanol–water partition coefficient (Wildman–Crippen LogP) is 6.24. The summed E-state index contributed by atoms with van der Waals surface area (Å²) in [5, 5.41) is 10.8. The number of halogens is 1. The van der Waals surface area contributed by atoms with Crippen molar-refractivity contribution in [1.82, 2.24) is 0 Å². The molecule has 2 aromatic rings. The Morgan fingerprint density at radius 3 is 2.42 bits per heavy atom. The fourth-order valence-corrected chi connectivity index (χ4v) is 6.79. The zero-order valence-electron chi connectivity index (χ0n) is 17.9. The largest absolute Gasteiger partial charge is 0.508 e. The fraction of sp³-hybridized carbons (Fsp3) is 0.444.